The van der Waals surface area contributed by atoms with Gasteiger partial charge in [0.15, 0.2) is 0 Å². The van der Waals surface area contributed by atoms with Crippen molar-refractivity contribution in [1.29, 1.82) is 0 Å². The second-order valence-corrected chi connectivity index (χ2v) is 8.06. The minimum absolute atomic E-state index is 0.144. The van der Waals surface area contributed by atoms with Crippen LogP contribution in [0.4, 0.5) is 0 Å². The van der Waals surface area contributed by atoms with Crippen molar-refractivity contribution in [3.8, 4) is 0 Å². The molecule has 0 saturated carbocycles. The van der Waals surface area contributed by atoms with Gasteiger partial charge in [0.05, 0.1) is 18.8 Å². The van der Waals surface area contributed by atoms with Gasteiger partial charge >= 0.3 is 0 Å². The lowest BCUT2D eigenvalue weighted by molar-refractivity contribution is -0.0294. The van der Waals surface area contributed by atoms with Crippen LogP contribution in [0.5, 0.6) is 0 Å². The fourth-order valence-corrected chi connectivity index (χ4v) is 5.03. The van der Waals surface area contributed by atoms with Gasteiger partial charge in [-0.25, -0.2) is 0 Å². The Kier molecular flexibility index (Phi) is 5.51. The molecule has 3 nitrogen and oxygen atoms in total. The molecule has 1 N–H and O–H groups in total. The molecule has 1 saturated heterocycles. The van der Waals surface area contributed by atoms with Crippen molar-refractivity contribution < 1.29 is 9.84 Å². The van der Waals surface area contributed by atoms with E-state index in [1.54, 1.807) is 11.3 Å². The summed E-state index contributed by atoms with van der Waals surface area (Å²) in [5.41, 5.74) is 4.13. The fourth-order valence-electron chi connectivity index (χ4n) is 4.32. The maximum atomic E-state index is 10.5. The van der Waals surface area contributed by atoms with Crippen LogP contribution in [0.2, 0.25) is 0 Å². The average molecular weight is 358 g/mol. The topological polar surface area (TPSA) is 32.7 Å². The van der Waals surface area contributed by atoms with Gasteiger partial charge in [-0.2, -0.15) is 11.3 Å². The number of aliphatic hydroxyl groups excluding tert-OH is 1. The molecule has 1 aromatic heterocycles. The number of aliphatic hydroxyl groups is 1. The molecule has 1 aliphatic carbocycles. The van der Waals surface area contributed by atoms with Crippen LogP contribution in [0.1, 0.15) is 54.5 Å². The number of nitrogens with zero attached hydrogens (tertiary/aromatic N) is 1. The molecule has 4 heteroatoms. The van der Waals surface area contributed by atoms with Crippen molar-refractivity contribution >= 4 is 11.3 Å². The number of likely N-dealkylation sites (tertiary alicyclic amines) is 1. The third-order valence-electron chi connectivity index (χ3n) is 5.54. The highest BCUT2D eigenvalue weighted by Gasteiger charge is 2.28. The second-order valence-electron chi connectivity index (χ2n) is 7.28. The van der Waals surface area contributed by atoms with E-state index in [2.05, 4.69) is 46.0 Å². The van der Waals surface area contributed by atoms with Gasteiger partial charge in [-0.15, -0.1) is 0 Å². The summed E-state index contributed by atoms with van der Waals surface area (Å²) in [5.74, 6) is 0. The number of hydrogen-bond acceptors (Lipinski definition) is 4. The van der Waals surface area contributed by atoms with E-state index in [9.17, 15) is 5.11 Å². The molecule has 1 fully saturated rings. The Morgan fingerprint density at radius 1 is 1.20 bits per heavy atom. The summed E-state index contributed by atoms with van der Waals surface area (Å²) in [6.07, 6.45) is 5.51. The van der Waals surface area contributed by atoms with Crippen LogP contribution >= 0.6 is 11.3 Å². The Morgan fingerprint density at radius 3 is 3.00 bits per heavy atom. The minimum Gasteiger partial charge on any atom is -0.389 e. The predicted octanol–water partition coefficient (Wildman–Crippen LogP) is 4.34. The lowest BCUT2D eigenvalue weighted by Gasteiger charge is -2.29. The Hall–Kier alpha value is -1.20. The van der Waals surface area contributed by atoms with E-state index in [1.807, 2.05) is 0 Å². The zero-order chi connectivity index (χ0) is 17.1. The van der Waals surface area contributed by atoms with E-state index < -0.39 is 6.10 Å². The van der Waals surface area contributed by atoms with E-state index in [1.165, 1.54) is 36.0 Å². The lowest BCUT2D eigenvalue weighted by Crippen LogP contribution is -2.35. The number of hydrogen-bond donors (Lipinski definition) is 1. The first-order valence-electron chi connectivity index (χ1n) is 9.45. The largest absolute Gasteiger partial charge is 0.389 e. The Labute approximate surface area is 154 Å². The van der Waals surface area contributed by atoms with Crippen molar-refractivity contribution in [3.05, 3.63) is 57.8 Å². The van der Waals surface area contributed by atoms with Crippen molar-refractivity contribution in [1.82, 2.24) is 4.90 Å². The second kappa shape index (κ2) is 8.00. The number of β-amino-alcohol motifs (C(OH)–C–C–N with tert-alkyl or cyclic N) is 1. The smallest absolute Gasteiger partial charge is 0.0900 e. The summed E-state index contributed by atoms with van der Waals surface area (Å²) in [6.45, 7) is 2.20. The number of thiophene rings is 1. The van der Waals surface area contributed by atoms with E-state index in [0.29, 0.717) is 19.2 Å². The molecule has 3 atom stereocenters. The number of ether oxygens (including phenoxy) is 1. The summed E-state index contributed by atoms with van der Waals surface area (Å²) in [6, 6.07) is 11.3. The minimum atomic E-state index is -0.423. The SMILES string of the molecule is O[C@H](CO[C@@H]1CCCc2ccccc21)CN1CCC[C@H]1c1ccsc1. The summed E-state index contributed by atoms with van der Waals surface area (Å²) >= 11 is 1.76. The lowest BCUT2D eigenvalue weighted by atomic mass is 9.89. The first-order valence-corrected chi connectivity index (χ1v) is 10.4. The maximum Gasteiger partial charge on any atom is 0.0900 e. The van der Waals surface area contributed by atoms with E-state index >= 15 is 0 Å². The van der Waals surface area contributed by atoms with E-state index in [-0.39, 0.29) is 6.10 Å². The maximum absolute atomic E-state index is 10.5. The van der Waals surface area contributed by atoms with Crippen molar-refractivity contribution in [2.75, 3.05) is 19.7 Å². The van der Waals surface area contributed by atoms with Gasteiger partial charge < -0.3 is 9.84 Å². The summed E-state index contributed by atoms with van der Waals surface area (Å²) in [7, 11) is 0. The molecule has 2 aliphatic rings. The van der Waals surface area contributed by atoms with Crippen LogP contribution < -0.4 is 0 Å². The number of fused-ring (bicyclic) bond motifs is 1. The first kappa shape index (κ1) is 17.2. The molecule has 0 unspecified atom stereocenters. The zero-order valence-corrected chi connectivity index (χ0v) is 15.5. The summed E-state index contributed by atoms with van der Waals surface area (Å²) in [5, 5.41) is 14.9. The fraction of sp³-hybridized carbons (Fsp3) is 0.524. The molecule has 1 aromatic carbocycles. The molecular formula is C21H27NO2S. The molecule has 1 aliphatic heterocycles. The molecule has 4 rings (SSSR count). The monoisotopic (exact) mass is 357 g/mol. The normalized spacial score (nSPS) is 25.0. The quantitative estimate of drug-likeness (QED) is 0.835. The molecule has 2 heterocycles. The van der Waals surface area contributed by atoms with Crippen LogP contribution in [-0.4, -0.2) is 35.8 Å². The number of rotatable bonds is 6. The van der Waals surface area contributed by atoms with Crippen LogP contribution in [0.25, 0.3) is 0 Å². The van der Waals surface area contributed by atoms with Gasteiger partial charge in [0.1, 0.15) is 0 Å². The van der Waals surface area contributed by atoms with Gasteiger partial charge in [-0.1, -0.05) is 24.3 Å². The van der Waals surface area contributed by atoms with Gasteiger partial charge in [0, 0.05) is 12.6 Å². The zero-order valence-electron chi connectivity index (χ0n) is 14.6. The third-order valence-corrected chi connectivity index (χ3v) is 6.24. The Balaban J connectivity index is 1.32. The van der Waals surface area contributed by atoms with Gasteiger partial charge in [0.2, 0.25) is 0 Å². The van der Waals surface area contributed by atoms with E-state index in [0.717, 1.165) is 19.4 Å². The molecule has 0 amide bonds. The highest BCUT2D eigenvalue weighted by atomic mass is 32.1. The van der Waals surface area contributed by atoms with Crippen molar-refractivity contribution in [3.63, 3.8) is 0 Å². The van der Waals surface area contributed by atoms with Crippen LogP contribution in [0, 0.1) is 0 Å². The van der Waals surface area contributed by atoms with Crippen molar-refractivity contribution in [2.45, 2.75) is 50.4 Å². The van der Waals surface area contributed by atoms with Gasteiger partial charge in [0.25, 0.3) is 0 Å². The van der Waals surface area contributed by atoms with Crippen LogP contribution in [-0.2, 0) is 11.2 Å². The molecular weight excluding hydrogens is 330 g/mol. The molecule has 25 heavy (non-hydrogen) atoms. The van der Waals surface area contributed by atoms with Crippen LogP contribution in [0.3, 0.4) is 0 Å². The van der Waals surface area contributed by atoms with Gasteiger partial charge in [-0.05, 0) is 72.2 Å². The Morgan fingerprint density at radius 2 is 2.12 bits per heavy atom. The van der Waals surface area contributed by atoms with Crippen molar-refractivity contribution in [2.24, 2.45) is 0 Å². The van der Waals surface area contributed by atoms with Gasteiger partial charge in [-0.3, -0.25) is 4.90 Å². The Bertz CT molecular complexity index is 672. The first-order chi connectivity index (χ1) is 12.3. The standard InChI is InChI=1S/C21H27NO2S/c23-18(13-22-11-4-8-20(22)17-10-12-25-15-17)14-24-21-9-3-6-16-5-1-2-7-19(16)21/h1-2,5,7,10,12,15,18,20-21,23H,3-4,6,8-9,11,13-14H2/t18-,20-,21+/m0/s1. The summed E-state index contributed by atoms with van der Waals surface area (Å²) in [4.78, 5) is 2.42. The number of aryl methyl sites for hydroxylation is 1. The average Bonchev–Trinajstić information content (AvgIpc) is 3.31. The predicted molar refractivity (Wildman–Crippen MR) is 102 cm³/mol. The highest BCUT2D eigenvalue weighted by Crippen LogP contribution is 2.34. The molecule has 134 valence electrons. The third kappa shape index (κ3) is 3.98. The molecule has 0 spiro atoms. The molecule has 0 bridgehead atoms. The van der Waals surface area contributed by atoms with E-state index in [4.69, 9.17) is 4.74 Å². The molecule has 0 radical (unpaired) electrons. The summed E-state index contributed by atoms with van der Waals surface area (Å²) < 4.78 is 6.13. The highest BCUT2D eigenvalue weighted by molar-refractivity contribution is 7.07. The molecule has 2 aromatic rings. The van der Waals surface area contributed by atoms with Crippen LogP contribution in [0.15, 0.2) is 41.1 Å². The number of benzene rings is 1.